The molecule has 7 nitrogen and oxygen atoms in total. The molecule has 4 aromatic rings. The number of imidazole rings is 1. The van der Waals surface area contributed by atoms with Gasteiger partial charge in [-0.1, -0.05) is 18.5 Å². The normalized spacial score (nSPS) is 15.8. The van der Waals surface area contributed by atoms with Crippen LogP contribution in [0.15, 0.2) is 37.1 Å². The number of halogens is 1. The third kappa shape index (κ3) is 2.51. The molecule has 126 valence electrons. The Kier molecular flexibility index (Phi) is 3.03. The summed E-state index contributed by atoms with van der Waals surface area (Å²) in [4.78, 5) is 12.9. The SMILES string of the molecule is CC1(CNc2ncc3c(-c4cnc5ncc(Cl)n5c4)ccn3n2)CC1. The van der Waals surface area contributed by atoms with Gasteiger partial charge in [-0.05, 0) is 24.3 Å². The van der Waals surface area contributed by atoms with E-state index in [0.717, 1.165) is 23.2 Å². The second-order valence-corrected chi connectivity index (χ2v) is 7.29. The molecular formula is C17H16ClN7. The van der Waals surface area contributed by atoms with Gasteiger partial charge in [0.1, 0.15) is 5.15 Å². The third-order valence-electron chi connectivity index (χ3n) is 4.82. The van der Waals surface area contributed by atoms with E-state index in [4.69, 9.17) is 11.6 Å². The minimum Gasteiger partial charge on any atom is -0.352 e. The summed E-state index contributed by atoms with van der Waals surface area (Å²) in [7, 11) is 0. The molecule has 0 spiro atoms. The fourth-order valence-electron chi connectivity index (χ4n) is 2.89. The highest BCUT2D eigenvalue weighted by molar-refractivity contribution is 6.29. The van der Waals surface area contributed by atoms with Gasteiger partial charge in [-0.15, -0.1) is 5.10 Å². The van der Waals surface area contributed by atoms with Gasteiger partial charge in [0.05, 0.1) is 17.9 Å². The highest BCUT2D eigenvalue weighted by Gasteiger charge is 2.36. The molecular weight excluding hydrogens is 338 g/mol. The van der Waals surface area contributed by atoms with Crippen LogP contribution in [0.2, 0.25) is 5.15 Å². The molecule has 1 N–H and O–H groups in total. The number of fused-ring (bicyclic) bond motifs is 2. The number of hydrogen-bond donors (Lipinski definition) is 1. The number of hydrogen-bond acceptors (Lipinski definition) is 5. The minimum atomic E-state index is 0.408. The van der Waals surface area contributed by atoms with Crippen LogP contribution in [0.5, 0.6) is 0 Å². The molecule has 0 atom stereocenters. The quantitative estimate of drug-likeness (QED) is 0.609. The van der Waals surface area contributed by atoms with Crippen LogP contribution in [0.3, 0.4) is 0 Å². The summed E-state index contributed by atoms with van der Waals surface area (Å²) in [5.74, 6) is 1.22. The van der Waals surface area contributed by atoms with E-state index in [2.05, 4.69) is 32.3 Å². The summed E-state index contributed by atoms with van der Waals surface area (Å²) in [6.45, 7) is 3.18. The van der Waals surface area contributed by atoms with Crippen LogP contribution in [-0.4, -0.2) is 35.5 Å². The fourth-order valence-corrected chi connectivity index (χ4v) is 3.07. The van der Waals surface area contributed by atoms with Crippen molar-refractivity contribution in [1.29, 1.82) is 0 Å². The van der Waals surface area contributed by atoms with Gasteiger partial charge in [0.15, 0.2) is 0 Å². The lowest BCUT2D eigenvalue weighted by Gasteiger charge is -2.10. The molecule has 4 heterocycles. The number of anilines is 1. The molecule has 5 rings (SSSR count). The van der Waals surface area contributed by atoms with Crippen molar-refractivity contribution >= 4 is 28.8 Å². The molecule has 8 heteroatoms. The van der Waals surface area contributed by atoms with Gasteiger partial charge < -0.3 is 5.32 Å². The lowest BCUT2D eigenvalue weighted by molar-refractivity contribution is 0.606. The topological polar surface area (TPSA) is 72.4 Å². The van der Waals surface area contributed by atoms with Crippen molar-refractivity contribution in [3.63, 3.8) is 0 Å². The van der Waals surface area contributed by atoms with Gasteiger partial charge in [-0.2, -0.15) is 0 Å². The van der Waals surface area contributed by atoms with E-state index < -0.39 is 0 Å². The molecule has 0 amide bonds. The van der Waals surface area contributed by atoms with E-state index >= 15 is 0 Å². The van der Waals surface area contributed by atoms with Crippen molar-refractivity contribution in [2.75, 3.05) is 11.9 Å². The highest BCUT2D eigenvalue weighted by atomic mass is 35.5. The Bertz CT molecular complexity index is 1090. The highest BCUT2D eigenvalue weighted by Crippen LogP contribution is 2.44. The lowest BCUT2D eigenvalue weighted by atomic mass is 10.1. The maximum atomic E-state index is 6.14. The van der Waals surface area contributed by atoms with E-state index in [9.17, 15) is 0 Å². The monoisotopic (exact) mass is 353 g/mol. The van der Waals surface area contributed by atoms with Gasteiger partial charge in [0.25, 0.3) is 0 Å². The molecule has 0 aromatic carbocycles. The number of aromatic nitrogens is 6. The van der Waals surface area contributed by atoms with Crippen LogP contribution in [0.4, 0.5) is 5.95 Å². The van der Waals surface area contributed by atoms with Crippen LogP contribution in [0.25, 0.3) is 22.4 Å². The zero-order valence-electron chi connectivity index (χ0n) is 13.6. The molecule has 1 aliphatic carbocycles. The number of rotatable bonds is 4. The van der Waals surface area contributed by atoms with Gasteiger partial charge in [0.2, 0.25) is 11.7 Å². The van der Waals surface area contributed by atoms with Crippen molar-refractivity contribution in [3.05, 3.63) is 42.2 Å². The Morgan fingerprint density at radius 3 is 2.88 bits per heavy atom. The summed E-state index contributed by atoms with van der Waals surface area (Å²) >= 11 is 6.14. The van der Waals surface area contributed by atoms with Gasteiger partial charge in [-0.3, -0.25) is 4.40 Å². The Morgan fingerprint density at radius 1 is 1.20 bits per heavy atom. The lowest BCUT2D eigenvalue weighted by Crippen LogP contribution is -2.14. The van der Waals surface area contributed by atoms with Crippen LogP contribution >= 0.6 is 11.6 Å². The van der Waals surface area contributed by atoms with Crippen LogP contribution in [0, 0.1) is 5.41 Å². The summed E-state index contributed by atoms with van der Waals surface area (Å²) in [6, 6.07) is 2.00. The second-order valence-electron chi connectivity index (χ2n) is 6.90. The predicted molar refractivity (Wildman–Crippen MR) is 95.8 cm³/mol. The van der Waals surface area contributed by atoms with Crippen molar-refractivity contribution < 1.29 is 0 Å². The van der Waals surface area contributed by atoms with Crippen LogP contribution < -0.4 is 5.32 Å². The fraction of sp³-hybridized carbons (Fsp3) is 0.294. The standard InChI is InChI=1S/C17H16ClN7/c1-17(3-4-17)10-22-15-19-7-13-12(2-5-25(13)23-15)11-6-20-16-21-8-14(18)24(16)9-11/h2,5-9H,3-4,10H2,1H3,(H,22,23). The van der Waals surface area contributed by atoms with Crippen molar-refractivity contribution in [3.8, 4) is 11.1 Å². The molecule has 0 bridgehead atoms. The molecule has 0 aliphatic heterocycles. The van der Waals surface area contributed by atoms with Gasteiger partial charge >= 0.3 is 0 Å². The third-order valence-corrected chi connectivity index (χ3v) is 5.10. The maximum Gasteiger partial charge on any atom is 0.241 e. The molecule has 1 aliphatic rings. The average molecular weight is 354 g/mol. The molecule has 0 unspecified atom stereocenters. The number of nitrogens with zero attached hydrogens (tertiary/aromatic N) is 6. The Hall–Kier alpha value is -2.67. The first-order valence-electron chi connectivity index (χ1n) is 8.19. The molecule has 0 saturated heterocycles. The molecule has 25 heavy (non-hydrogen) atoms. The van der Waals surface area contributed by atoms with E-state index in [-0.39, 0.29) is 0 Å². The largest absolute Gasteiger partial charge is 0.352 e. The molecule has 1 fully saturated rings. The Labute approximate surface area is 148 Å². The number of nitrogens with one attached hydrogen (secondary N) is 1. The van der Waals surface area contributed by atoms with E-state index in [0.29, 0.717) is 22.3 Å². The minimum absolute atomic E-state index is 0.408. The Morgan fingerprint density at radius 2 is 2.04 bits per heavy atom. The first-order chi connectivity index (χ1) is 12.1. The Balaban J connectivity index is 1.51. The zero-order valence-corrected chi connectivity index (χ0v) is 14.4. The van der Waals surface area contributed by atoms with E-state index in [1.165, 1.54) is 12.8 Å². The van der Waals surface area contributed by atoms with Gasteiger partial charge in [0, 0.05) is 36.3 Å². The summed E-state index contributed by atoms with van der Waals surface area (Å²) in [6.07, 6.45) is 11.6. The van der Waals surface area contributed by atoms with E-state index in [1.807, 2.05) is 29.2 Å². The maximum absolute atomic E-state index is 6.14. The van der Waals surface area contributed by atoms with Crippen LogP contribution in [0.1, 0.15) is 19.8 Å². The second kappa shape index (κ2) is 5.16. The van der Waals surface area contributed by atoms with Crippen molar-refractivity contribution in [2.45, 2.75) is 19.8 Å². The molecule has 4 aromatic heterocycles. The van der Waals surface area contributed by atoms with Gasteiger partial charge in [-0.25, -0.2) is 19.5 Å². The van der Waals surface area contributed by atoms with Crippen molar-refractivity contribution in [1.82, 2.24) is 29.0 Å². The predicted octanol–water partition coefficient (Wildman–Crippen LogP) is 3.30. The summed E-state index contributed by atoms with van der Waals surface area (Å²) < 4.78 is 3.59. The molecule has 1 saturated carbocycles. The van der Waals surface area contributed by atoms with Crippen molar-refractivity contribution in [2.24, 2.45) is 5.41 Å². The zero-order chi connectivity index (χ0) is 17.0. The average Bonchev–Trinajstić information content (AvgIpc) is 3.05. The molecule has 0 radical (unpaired) electrons. The van der Waals surface area contributed by atoms with Crippen LogP contribution in [-0.2, 0) is 0 Å². The first kappa shape index (κ1) is 14.7. The van der Waals surface area contributed by atoms with E-state index in [1.54, 1.807) is 16.8 Å². The summed E-state index contributed by atoms with van der Waals surface area (Å²) in [5.41, 5.74) is 3.26. The smallest absolute Gasteiger partial charge is 0.241 e. The summed E-state index contributed by atoms with van der Waals surface area (Å²) in [5, 5.41) is 8.41. The first-order valence-corrected chi connectivity index (χ1v) is 8.56.